The van der Waals surface area contributed by atoms with E-state index in [0.717, 1.165) is 25.7 Å². The normalized spacial score (nSPS) is 21.9. The number of hydrogen-bond acceptors (Lipinski definition) is 3. The summed E-state index contributed by atoms with van der Waals surface area (Å²) in [6, 6.07) is 0. The van der Waals surface area contributed by atoms with Crippen molar-refractivity contribution in [1.82, 2.24) is 5.32 Å². The third kappa shape index (κ3) is 4.22. The van der Waals surface area contributed by atoms with Gasteiger partial charge in [-0.2, -0.15) is 0 Å². The molecule has 2 atom stereocenters. The van der Waals surface area contributed by atoms with E-state index in [1.807, 2.05) is 6.92 Å². The molecule has 1 rings (SSSR count). The zero-order valence-electron chi connectivity index (χ0n) is 10.1. The SMILES string of the molecule is CC(CCNC(=O)CC1(N)CCC1)S(C)=O. The van der Waals surface area contributed by atoms with Crippen LogP contribution in [0.25, 0.3) is 0 Å². The van der Waals surface area contributed by atoms with Crippen molar-refractivity contribution in [2.75, 3.05) is 12.8 Å². The molecule has 1 saturated carbocycles. The van der Waals surface area contributed by atoms with Crippen LogP contribution in [0.4, 0.5) is 0 Å². The summed E-state index contributed by atoms with van der Waals surface area (Å²) >= 11 is 0. The van der Waals surface area contributed by atoms with Gasteiger partial charge in [0.25, 0.3) is 0 Å². The van der Waals surface area contributed by atoms with Crippen molar-refractivity contribution in [2.45, 2.75) is 49.8 Å². The molecule has 0 heterocycles. The van der Waals surface area contributed by atoms with Crippen LogP contribution < -0.4 is 11.1 Å². The second-order valence-electron chi connectivity index (χ2n) is 4.84. The number of hydrogen-bond donors (Lipinski definition) is 2. The molecule has 3 N–H and O–H groups in total. The highest BCUT2D eigenvalue weighted by Crippen LogP contribution is 2.31. The van der Waals surface area contributed by atoms with Gasteiger partial charge in [0.2, 0.25) is 5.91 Å². The minimum absolute atomic E-state index is 0.0243. The lowest BCUT2D eigenvalue weighted by Crippen LogP contribution is -2.50. The molecular formula is C11H22N2O2S. The molecule has 2 unspecified atom stereocenters. The fourth-order valence-electron chi connectivity index (χ4n) is 1.77. The van der Waals surface area contributed by atoms with Gasteiger partial charge < -0.3 is 11.1 Å². The Morgan fingerprint density at radius 3 is 2.62 bits per heavy atom. The Hall–Kier alpha value is -0.420. The first-order valence-corrected chi connectivity index (χ1v) is 7.43. The van der Waals surface area contributed by atoms with E-state index in [1.165, 1.54) is 0 Å². The lowest BCUT2D eigenvalue weighted by molar-refractivity contribution is -0.123. The Morgan fingerprint density at radius 2 is 2.19 bits per heavy atom. The molecule has 1 fully saturated rings. The maximum Gasteiger partial charge on any atom is 0.221 e. The van der Waals surface area contributed by atoms with Crippen LogP contribution in [0.5, 0.6) is 0 Å². The monoisotopic (exact) mass is 246 g/mol. The number of carbonyl (C=O) groups is 1. The summed E-state index contributed by atoms with van der Waals surface area (Å²) in [7, 11) is -0.810. The van der Waals surface area contributed by atoms with Crippen LogP contribution in [0, 0.1) is 0 Å². The van der Waals surface area contributed by atoms with Crippen molar-refractivity contribution >= 4 is 16.7 Å². The molecule has 0 aromatic rings. The van der Waals surface area contributed by atoms with Crippen LogP contribution in [-0.2, 0) is 15.6 Å². The molecule has 5 heteroatoms. The van der Waals surface area contributed by atoms with Gasteiger partial charge >= 0.3 is 0 Å². The van der Waals surface area contributed by atoms with Gasteiger partial charge in [-0.05, 0) is 25.7 Å². The summed E-state index contributed by atoms with van der Waals surface area (Å²) in [4.78, 5) is 11.5. The first-order valence-electron chi connectivity index (χ1n) is 5.81. The van der Waals surface area contributed by atoms with Crippen molar-refractivity contribution < 1.29 is 9.00 Å². The highest BCUT2D eigenvalue weighted by molar-refractivity contribution is 7.84. The Labute approximate surface area is 99.8 Å². The van der Waals surface area contributed by atoms with Crippen LogP contribution in [0.3, 0.4) is 0 Å². The van der Waals surface area contributed by atoms with Crippen LogP contribution in [0.1, 0.15) is 39.0 Å². The van der Waals surface area contributed by atoms with E-state index in [9.17, 15) is 9.00 Å². The first kappa shape index (κ1) is 13.6. The molecule has 0 bridgehead atoms. The summed E-state index contributed by atoms with van der Waals surface area (Å²) in [5.74, 6) is 0.0243. The molecule has 1 amide bonds. The number of nitrogens with one attached hydrogen (secondary N) is 1. The molecule has 4 nitrogen and oxygen atoms in total. The molecule has 0 radical (unpaired) electrons. The second kappa shape index (κ2) is 5.77. The van der Waals surface area contributed by atoms with Crippen molar-refractivity contribution in [2.24, 2.45) is 5.73 Å². The lowest BCUT2D eigenvalue weighted by atomic mass is 9.75. The molecule has 0 spiro atoms. The van der Waals surface area contributed by atoms with E-state index in [2.05, 4.69) is 5.32 Å². The summed E-state index contributed by atoms with van der Waals surface area (Å²) < 4.78 is 11.1. The van der Waals surface area contributed by atoms with Crippen LogP contribution in [0.2, 0.25) is 0 Å². The summed E-state index contributed by atoms with van der Waals surface area (Å²) in [5, 5.41) is 2.97. The zero-order chi connectivity index (χ0) is 12.2. The van der Waals surface area contributed by atoms with Crippen molar-refractivity contribution in [3.63, 3.8) is 0 Å². The Balaban J connectivity index is 2.13. The van der Waals surface area contributed by atoms with Crippen molar-refractivity contribution in [3.05, 3.63) is 0 Å². The van der Waals surface area contributed by atoms with E-state index in [1.54, 1.807) is 6.26 Å². The number of amides is 1. The summed E-state index contributed by atoms with van der Waals surface area (Å²) in [6.07, 6.45) is 5.92. The quantitative estimate of drug-likeness (QED) is 0.718. The standard InChI is InChI=1S/C11H22N2O2S/c1-9(16(2)15)4-7-13-10(14)8-11(12)5-3-6-11/h9H,3-8,12H2,1-2H3,(H,13,14). The van der Waals surface area contributed by atoms with E-state index < -0.39 is 10.8 Å². The fraction of sp³-hybridized carbons (Fsp3) is 0.909. The Kier molecular flexibility index (Phi) is 4.92. The van der Waals surface area contributed by atoms with E-state index in [4.69, 9.17) is 5.73 Å². The molecule has 0 aromatic carbocycles. The van der Waals surface area contributed by atoms with Crippen molar-refractivity contribution in [3.8, 4) is 0 Å². The average Bonchev–Trinajstić information content (AvgIpc) is 2.14. The summed E-state index contributed by atoms with van der Waals surface area (Å²) in [5.41, 5.74) is 5.73. The summed E-state index contributed by atoms with van der Waals surface area (Å²) in [6.45, 7) is 2.52. The fourth-order valence-corrected chi connectivity index (χ4v) is 2.22. The Morgan fingerprint density at radius 1 is 1.56 bits per heavy atom. The highest BCUT2D eigenvalue weighted by Gasteiger charge is 2.34. The van der Waals surface area contributed by atoms with Gasteiger partial charge in [0.15, 0.2) is 0 Å². The number of nitrogens with two attached hydrogens (primary N) is 1. The van der Waals surface area contributed by atoms with Gasteiger partial charge in [-0.15, -0.1) is 0 Å². The highest BCUT2D eigenvalue weighted by atomic mass is 32.2. The molecule has 94 valence electrons. The van der Waals surface area contributed by atoms with Crippen LogP contribution >= 0.6 is 0 Å². The smallest absolute Gasteiger partial charge is 0.221 e. The van der Waals surface area contributed by atoms with Gasteiger partial charge in [0.1, 0.15) is 0 Å². The molecule has 0 saturated heterocycles. The maximum atomic E-state index is 11.5. The second-order valence-corrected chi connectivity index (χ2v) is 6.64. The van der Waals surface area contributed by atoms with Crippen LogP contribution in [0.15, 0.2) is 0 Å². The van der Waals surface area contributed by atoms with Crippen LogP contribution in [-0.4, -0.2) is 33.7 Å². The average molecular weight is 246 g/mol. The lowest BCUT2D eigenvalue weighted by Gasteiger charge is -2.37. The molecule has 16 heavy (non-hydrogen) atoms. The van der Waals surface area contributed by atoms with Gasteiger partial charge in [0, 0.05) is 40.8 Å². The first-order chi connectivity index (χ1) is 7.43. The topological polar surface area (TPSA) is 72.2 Å². The minimum atomic E-state index is -0.810. The van der Waals surface area contributed by atoms with Crippen molar-refractivity contribution in [1.29, 1.82) is 0 Å². The molecule has 1 aliphatic carbocycles. The minimum Gasteiger partial charge on any atom is -0.356 e. The third-order valence-electron chi connectivity index (χ3n) is 3.30. The van der Waals surface area contributed by atoms with Gasteiger partial charge in [-0.25, -0.2) is 0 Å². The van der Waals surface area contributed by atoms with E-state index in [-0.39, 0.29) is 16.7 Å². The Bertz CT molecular complexity index is 277. The largest absolute Gasteiger partial charge is 0.356 e. The molecule has 0 aliphatic heterocycles. The molecular weight excluding hydrogens is 224 g/mol. The van der Waals surface area contributed by atoms with Gasteiger partial charge in [-0.1, -0.05) is 6.92 Å². The predicted octanol–water partition coefficient (Wildman–Crippen LogP) is 0.531. The number of rotatable bonds is 6. The molecule has 1 aliphatic rings. The van der Waals surface area contributed by atoms with E-state index >= 15 is 0 Å². The third-order valence-corrected chi connectivity index (χ3v) is 4.67. The van der Waals surface area contributed by atoms with E-state index in [0.29, 0.717) is 13.0 Å². The molecule has 0 aromatic heterocycles. The maximum absolute atomic E-state index is 11.5. The van der Waals surface area contributed by atoms with Gasteiger partial charge in [0.05, 0.1) is 0 Å². The number of carbonyl (C=O) groups excluding carboxylic acids is 1. The predicted molar refractivity (Wildman–Crippen MR) is 66.5 cm³/mol. The van der Waals surface area contributed by atoms with Gasteiger partial charge in [-0.3, -0.25) is 9.00 Å². The zero-order valence-corrected chi connectivity index (χ0v) is 10.9.